The van der Waals surface area contributed by atoms with Crippen molar-refractivity contribution in [3.05, 3.63) is 71.5 Å². The van der Waals surface area contributed by atoms with Crippen LogP contribution in [0.3, 0.4) is 0 Å². The molecule has 0 spiro atoms. The predicted octanol–water partition coefficient (Wildman–Crippen LogP) is 3.50. The van der Waals surface area contributed by atoms with E-state index < -0.39 is 5.91 Å². The molecule has 3 amide bonds. The Hall–Kier alpha value is -4.07. The molecular formula is C23H20N4O4. The topological polar surface area (TPSA) is 112 Å². The van der Waals surface area contributed by atoms with Gasteiger partial charge in [-0.1, -0.05) is 25.5 Å². The van der Waals surface area contributed by atoms with Crippen molar-refractivity contribution in [2.45, 2.75) is 19.8 Å². The second-order valence-electron chi connectivity index (χ2n) is 7.18. The van der Waals surface area contributed by atoms with Gasteiger partial charge in [-0.15, -0.1) is 0 Å². The molecule has 1 aliphatic rings. The van der Waals surface area contributed by atoms with Crippen LogP contribution >= 0.6 is 0 Å². The summed E-state index contributed by atoms with van der Waals surface area (Å²) >= 11 is 0. The number of amides is 3. The van der Waals surface area contributed by atoms with Gasteiger partial charge in [-0.25, -0.2) is 9.97 Å². The number of phenolic OH excluding ortho intramolecular Hbond substituents is 1. The fourth-order valence-electron chi connectivity index (χ4n) is 3.34. The first-order valence-electron chi connectivity index (χ1n) is 9.91. The van der Waals surface area contributed by atoms with Gasteiger partial charge in [-0.05, 0) is 36.8 Å². The Kier molecular flexibility index (Phi) is 5.44. The molecule has 0 bridgehead atoms. The van der Waals surface area contributed by atoms with E-state index in [1.54, 1.807) is 24.3 Å². The molecule has 2 heterocycles. The molecule has 0 aliphatic carbocycles. The fourth-order valence-corrected chi connectivity index (χ4v) is 3.34. The van der Waals surface area contributed by atoms with E-state index in [4.69, 9.17) is 0 Å². The van der Waals surface area contributed by atoms with Crippen LogP contribution < -0.4 is 5.32 Å². The van der Waals surface area contributed by atoms with Gasteiger partial charge in [0.05, 0.1) is 29.2 Å². The van der Waals surface area contributed by atoms with E-state index in [9.17, 15) is 19.5 Å². The number of fused-ring (bicyclic) bond motifs is 1. The van der Waals surface area contributed by atoms with E-state index in [0.29, 0.717) is 29.2 Å². The number of nitrogens with zero attached hydrogens (tertiary/aromatic N) is 3. The van der Waals surface area contributed by atoms with E-state index in [0.717, 1.165) is 12.8 Å². The summed E-state index contributed by atoms with van der Waals surface area (Å²) in [5.74, 6) is -0.624. The van der Waals surface area contributed by atoms with E-state index in [1.807, 2.05) is 6.92 Å². The first-order chi connectivity index (χ1) is 15.0. The molecule has 0 saturated heterocycles. The van der Waals surface area contributed by atoms with Crippen LogP contribution in [0, 0.1) is 0 Å². The Balaban J connectivity index is 1.49. The molecule has 0 fully saturated rings. The smallest absolute Gasteiger partial charge is 0.261 e. The Morgan fingerprint density at radius 3 is 2.48 bits per heavy atom. The fraction of sp³-hybridized carbons (Fsp3) is 0.174. The van der Waals surface area contributed by atoms with Crippen LogP contribution in [0.2, 0.25) is 0 Å². The van der Waals surface area contributed by atoms with Crippen LogP contribution in [0.5, 0.6) is 5.75 Å². The van der Waals surface area contributed by atoms with Crippen molar-refractivity contribution < 1.29 is 19.5 Å². The molecule has 4 rings (SSSR count). The predicted molar refractivity (Wildman–Crippen MR) is 114 cm³/mol. The number of phenols is 1. The van der Waals surface area contributed by atoms with Gasteiger partial charge in [-0.2, -0.15) is 0 Å². The van der Waals surface area contributed by atoms with Crippen LogP contribution in [-0.2, 0) is 0 Å². The summed E-state index contributed by atoms with van der Waals surface area (Å²) in [6, 6.07) is 11.0. The normalized spacial score (nSPS) is 12.7. The number of imide groups is 1. The van der Waals surface area contributed by atoms with Crippen molar-refractivity contribution >= 4 is 23.4 Å². The molecule has 0 atom stereocenters. The van der Waals surface area contributed by atoms with Gasteiger partial charge in [0, 0.05) is 17.7 Å². The summed E-state index contributed by atoms with van der Waals surface area (Å²) in [6.45, 7) is 2.35. The number of anilines is 1. The summed E-state index contributed by atoms with van der Waals surface area (Å²) < 4.78 is 0. The van der Waals surface area contributed by atoms with Crippen LogP contribution in [-0.4, -0.2) is 44.2 Å². The van der Waals surface area contributed by atoms with Crippen molar-refractivity contribution in [2.75, 3.05) is 11.9 Å². The Morgan fingerprint density at radius 1 is 1.03 bits per heavy atom. The maximum Gasteiger partial charge on any atom is 0.261 e. The lowest BCUT2D eigenvalue weighted by molar-refractivity contribution is 0.0652. The van der Waals surface area contributed by atoms with Crippen LogP contribution in [0.1, 0.15) is 50.8 Å². The number of carbonyl (C=O) groups is 3. The minimum atomic E-state index is -0.441. The number of aromatic nitrogens is 2. The van der Waals surface area contributed by atoms with E-state index >= 15 is 0 Å². The number of unbranched alkanes of at least 4 members (excludes halogenated alkanes) is 1. The highest BCUT2D eigenvalue weighted by molar-refractivity contribution is 6.22. The molecule has 0 saturated carbocycles. The zero-order valence-electron chi connectivity index (χ0n) is 16.8. The number of carbonyl (C=O) groups excluding carboxylic acids is 3. The standard InChI is InChI=1S/C23H20N4O4/c1-2-3-9-27-22(30)18-8-7-15(11-19(18)23(27)31)21(29)26-16-12-24-20(25-13-16)14-5-4-6-17(28)10-14/h4-8,10-13,28H,2-3,9H2,1H3,(H,26,29). The number of nitrogens with one attached hydrogen (secondary N) is 1. The highest BCUT2D eigenvalue weighted by Gasteiger charge is 2.35. The zero-order valence-corrected chi connectivity index (χ0v) is 16.8. The van der Waals surface area contributed by atoms with E-state index in [-0.39, 0.29) is 28.7 Å². The molecule has 2 aromatic carbocycles. The van der Waals surface area contributed by atoms with Gasteiger partial charge in [0.2, 0.25) is 0 Å². The number of hydrogen-bond acceptors (Lipinski definition) is 6. The van der Waals surface area contributed by atoms with Gasteiger partial charge >= 0.3 is 0 Å². The largest absolute Gasteiger partial charge is 0.508 e. The van der Waals surface area contributed by atoms with Crippen LogP contribution in [0.25, 0.3) is 11.4 Å². The summed E-state index contributed by atoms with van der Waals surface area (Å²) in [7, 11) is 0. The average molecular weight is 416 g/mol. The average Bonchev–Trinajstić information content (AvgIpc) is 3.02. The van der Waals surface area contributed by atoms with E-state index in [1.165, 1.54) is 35.5 Å². The van der Waals surface area contributed by atoms with Gasteiger partial charge in [0.25, 0.3) is 17.7 Å². The molecule has 8 nitrogen and oxygen atoms in total. The molecule has 3 aromatic rings. The molecule has 1 aliphatic heterocycles. The zero-order chi connectivity index (χ0) is 22.0. The molecule has 31 heavy (non-hydrogen) atoms. The molecule has 156 valence electrons. The summed E-state index contributed by atoms with van der Waals surface area (Å²) in [5, 5.41) is 12.3. The quantitative estimate of drug-likeness (QED) is 0.595. The third-order valence-electron chi connectivity index (χ3n) is 4.98. The lowest BCUT2D eigenvalue weighted by Crippen LogP contribution is -2.30. The molecule has 8 heteroatoms. The minimum Gasteiger partial charge on any atom is -0.508 e. The Bertz CT molecular complexity index is 1170. The van der Waals surface area contributed by atoms with Crippen LogP contribution in [0.4, 0.5) is 5.69 Å². The molecule has 0 radical (unpaired) electrons. The first kappa shape index (κ1) is 20.2. The molecule has 2 N–H and O–H groups in total. The highest BCUT2D eigenvalue weighted by Crippen LogP contribution is 2.25. The maximum atomic E-state index is 12.6. The van der Waals surface area contributed by atoms with Gasteiger partial charge in [0.15, 0.2) is 5.82 Å². The highest BCUT2D eigenvalue weighted by atomic mass is 16.3. The first-order valence-corrected chi connectivity index (χ1v) is 9.91. The molecule has 0 unspecified atom stereocenters. The van der Waals surface area contributed by atoms with Crippen LogP contribution in [0.15, 0.2) is 54.9 Å². The van der Waals surface area contributed by atoms with E-state index in [2.05, 4.69) is 15.3 Å². The monoisotopic (exact) mass is 416 g/mol. The lowest BCUT2D eigenvalue weighted by Gasteiger charge is -2.12. The Morgan fingerprint density at radius 2 is 1.77 bits per heavy atom. The van der Waals surface area contributed by atoms with Crippen molar-refractivity contribution in [1.82, 2.24) is 14.9 Å². The van der Waals surface area contributed by atoms with Gasteiger partial charge in [0.1, 0.15) is 5.75 Å². The summed E-state index contributed by atoms with van der Waals surface area (Å²) in [5.41, 5.74) is 1.84. The third-order valence-corrected chi connectivity index (χ3v) is 4.98. The molecular weight excluding hydrogens is 396 g/mol. The minimum absolute atomic E-state index is 0.108. The summed E-state index contributed by atoms with van der Waals surface area (Å²) in [6.07, 6.45) is 4.52. The van der Waals surface area contributed by atoms with Crippen molar-refractivity contribution in [3.63, 3.8) is 0 Å². The summed E-state index contributed by atoms with van der Waals surface area (Å²) in [4.78, 5) is 47.3. The number of hydrogen-bond donors (Lipinski definition) is 2. The number of benzene rings is 2. The Labute approximate surface area is 178 Å². The van der Waals surface area contributed by atoms with Crippen molar-refractivity contribution in [1.29, 1.82) is 0 Å². The van der Waals surface area contributed by atoms with Gasteiger partial charge < -0.3 is 10.4 Å². The number of aromatic hydroxyl groups is 1. The lowest BCUT2D eigenvalue weighted by atomic mass is 10.1. The molecule has 1 aromatic heterocycles. The second-order valence-corrected chi connectivity index (χ2v) is 7.18. The SMILES string of the molecule is CCCCN1C(=O)c2ccc(C(=O)Nc3cnc(-c4cccc(O)c4)nc3)cc2C1=O. The maximum absolute atomic E-state index is 12.6. The third kappa shape index (κ3) is 4.00. The van der Waals surface area contributed by atoms with Gasteiger partial charge in [-0.3, -0.25) is 19.3 Å². The van der Waals surface area contributed by atoms with Crippen molar-refractivity contribution in [2.24, 2.45) is 0 Å². The number of rotatable bonds is 6. The second kappa shape index (κ2) is 8.35. The van der Waals surface area contributed by atoms with Crippen molar-refractivity contribution in [3.8, 4) is 17.1 Å².